The Hall–Kier alpha value is -4.90. The molecule has 0 aliphatic heterocycles. The van der Waals surface area contributed by atoms with E-state index in [1.165, 1.54) is 67.7 Å². The highest BCUT2D eigenvalue weighted by Gasteiger charge is 2.35. The molecule has 1 atom stereocenters. The van der Waals surface area contributed by atoms with E-state index in [1.54, 1.807) is 24.3 Å². The lowest BCUT2D eigenvalue weighted by atomic mass is 10.0. The third-order valence-corrected chi connectivity index (χ3v) is 9.28. The first-order valence-electron chi connectivity index (χ1n) is 15.2. The van der Waals surface area contributed by atoms with Crippen LogP contribution in [0.4, 0.5) is 10.1 Å². The van der Waals surface area contributed by atoms with Gasteiger partial charge in [-0.2, -0.15) is 0 Å². The van der Waals surface area contributed by atoms with Gasteiger partial charge in [0.1, 0.15) is 18.4 Å². The number of carbonyl (C=O) groups is 2. The molecule has 0 aliphatic carbocycles. The molecular formula is C36H40FN3O6S. The summed E-state index contributed by atoms with van der Waals surface area (Å²) >= 11 is 0. The number of carbonyl (C=O) groups excluding carboxylic acids is 2. The molecule has 0 heterocycles. The van der Waals surface area contributed by atoms with E-state index in [0.717, 1.165) is 9.87 Å². The number of amides is 2. The molecule has 0 saturated carbocycles. The second-order valence-electron chi connectivity index (χ2n) is 11.4. The Kier molecular flexibility index (Phi) is 12.0. The molecule has 0 radical (unpaired) electrons. The van der Waals surface area contributed by atoms with Gasteiger partial charge >= 0.3 is 0 Å². The van der Waals surface area contributed by atoms with Gasteiger partial charge in [-0.05, 0) is 53.4 Å². The molecule has 1 N–H and O–H groups in total. The Balaban J connectivity index is 1.82. The number of ether oxygens (including phenoxy) is 2. The van der Waals surface area contributed by atoms with Crippen molar-refractivity contribution in [2.45, 2.75) is 37.8 Å². The van der Waals surface area contributed by atoms with E-state index in [1.807, 2.05) is 44.2 Å². The van der Waals surface area contributed by atoms with Gasteiger partial charge in [0.25, 0.3) is 10.0 Å². The number of rotatable bonds is 15. The van der Waals surface area contributed by atoms with Crippen molar-refractivity contribution in [1.29, 1.82) is 0 Å². The van der Waals surface area contributed by atoms with Crippen LogP contribution in [-0.2, 0) is 32.6 Å². The lowest BCUT2D eigenvalue weighted by Gasteiger charge is -2.34. The van der Waals surface area contributed by atoms with Crippen LogP contribution in [0, 0.1) is 11.7 Å². The number of hydrogen-bond acceptors (Lipinski definition) is 6. The number of methoxy groups -OCH3 is 2. The number of benzene rings is 4. The highest BCUT2D eigenvalue weighted by atomic mass is 32.2. The van der Waals surface area contributed by atoms with Crippen molar-refractivity contribution >= 4 is 27.5 Å². The van der Waals surface area contributed by atoms with Crippen molar-refractivity contribution in [3.05, 3.63) is 120 Å². The summed E-state index contributed by atoms with van der Waals surface area (Å²) in [6, 6.07) is 26.2. The van der Waals surface area contributed by atoms with Crippen molar-refractivity contribution < 1.29 is 31.9 Å². The third-order valence-electron chi connectivity index (χ3n) is 7.49. The molecule has 11 heteroatoms. The molecule has 0 aromatic heterocycles. The Labute approximate surface area is 276 Å². The standard InChI is InChI=1S/C36H40FN3O6S/c1-26(2)23-38-36(42)32(21-27-11-7-5-8-12-27)39(24-28-15-17-29(37)18-16-28)35(41)25-40(47(43,44)31-13-9-6-10-14-31)30-19-20-33(45-3)34(22-30)46-4/h5-20,22,26,32H,21,23-25H2,1-4H3,(H,38,42)/t32-/m1/s1. The Morgan fingerprint density at radius 3 is 2.02 bits per heavy atom. The van der Waals surface area contributed by atoms with Gasteiger partial charge < -0.3 is 19.7 Å². The minimum absolute atomic E-state index is 0.0248. The first kappa shape index (κ1) is 35.0. The maximum Gasteiger partial charge on any atom is 0.264 e. The van der Waals surface area contributed by atoms with Gasteiger partial charge in [-0.1, -0.05) is 74.5 Å². The van der Waals surface area contributed by atoms with E-state index in [9.17, 15) is 22.4 Å². The van der Waals surface area contributed by atoms with E-state index < -0.39 is 34.3 Å². The van der Waals surface area contributed by atoms with Crippen LogP contribution in [0.2, 0.25) is 0 Å². The molecule has 248 valence electrons. The van der Waals surface area contributed by atoms with E-state index in [4.69, 9.17) is 9.47 Å². The molecule has 0 unspecified atom stereocenters. The first-order chi connectivity index (χ1) is 22.5. The normalized spacial score (nSPS) is 11.9. The van der Waals surface area contributed by atoms with E-state index in [0.29, 0.717) is 17.9 Å². The van der Waals surface area contributed by atoms with Gasteiger partial charge in [0.2, 0.25) is 11.8 Å². The maximum atomic E-state index is 14.5. The maximum absolute atomic E-state index is 14.5. The fourth-order valence-corrected chi connectivity index (χ4v) is 6.42. The first-order valence-corrected chi connectivity index (χ1v) is 16.6. The number of nitrogens with one attached hydrogen (secondary N) is 1. The highest BCUT2D eigenvalue weighted by molar-refractivity contribution is 7.92. The molecule has 4 aromatic rings. The molecule has 9 nitrogen and oxygen atoms in total. The second kappa shape index (κ2) is 16.1. The quantitative estimate of drug-likeness (QED) is 0.182. The Morgan fingerprint density at radius 1 is 0.809 bits per heavy atom. The molecule has 2 amide bonds. The molecular weight excluding hydrogens is 621 g/mol. The molecule has 47 heavy (non-hydrogen) atoms. The smallest absolute Gasteiger partial charge is 0.264 e. The number of anilines is 1. The van der Waals surface area contributed by atoms with Crippen LogP contribution in [-0.4, -0.2) is 58.5 Å². The number of hydrogen-bond donors (Lipinski definition) is 1. The largest absolute Gasteiger partial charge is 0.493 e. The van der Waals surface area contributed by atoms with Crippen LogP contribution in [0.3, 0.4) is 0 Å². The molecule has 0 spiro atoms. The number of sulfonamides is 1. The number of nitrogens with zero attached hydrogens (tertiary/aromatic N) is 2. The van der Waals surface area contributed by atoms with Crippen molar-refractivity contribution in [3.63, 3.8) is 0 Å². The highest BCUT2D eigenvalue weighted by Crippen LogP contribution is 2.34. The summed E-state index contributed by atoms with van der Waals surface area (Å²) in [5, 5.41) is 2.95. The Bertz CT molecular complexity index is 1740. The fraction of sp³-hybridized carbons (Fsp3) is 0.278. The minimum Gasteiger partial charge on any atom is -0.493 e. The molecule has 4 rings (SSSR count). The van der Waals surface area contributed by atoms with Gasteiger partial charge in [0.15, 0.2) is 11.5 Å². The molecule has 0 fully saturated rings. The van der Waals surface area contributed by atoms with Crippen molar-refractivity contribution in [3.8, 4) is 11.5 Å². The second-order valence-corrected chi connectivity index (χ2v) is 13.2. The fourth-order valence-electron chi connectivity index (χ4n) is 4.99. The van der Waals surface area contributed by atoms with Crippen LogP contribution in [0.25, 0.3) is 0 Å². The van der Waals surface area contributed by atoms with Crippen LogP contribution < -0.4 is 19.1 Å². The average Bonchev–Trinajstić information content (AvgIpc) is 3.08. The van der Waals surface area contributed by atoms with Crippen molar-refractivity contribution in [1.82, 2.24) is 10.2 Å². The van der Waals surface area contributed by atoms with Crippen LogP contribution >= 0.6 is 0 Å². The minimum atomic E-state index is -4.29. The molecule has 0 saturated heterocycles. The zero-order valence-corrected chi connectivity index (χ0v) is 27.7. The van der Waals surface area contributed by atoms with Gasteiger partial charge in [0, 0.05) is 25.6 Å². The summed E-state index contributed by atoms with van der Waals surface area (Å²) in [6.07, 6.45) is 0.166. The topological polar surface area (TPSA) is 105 Å². The molecule has 0 bridgehead atoms. The zero-order valence-electron chi connectivity index (χ0n) is 26.9. The van der Waals surface area contributed by atoms with Crippen LogP contribution in [0.15, 0.2) is 108 Å². The predicted molar refractivity (Wildman–Crippen MR) is 179 cm³/mol. The lowest BCUT2D eigenvalue weighted by molar-refractivity contribution is -0.140. The predicted octanol–water partition coefficient (Wildman–Crippen LogP) is 5.45. The van der Waals surface area contributed by atoms with Crippen LogP contribution in [0.1, 0.15) is 25.0 Å². The molecule has 4 aromatic carbocycles. The number of halogens is 1. The van der Waals surface area contributed by atoms with Gasteiger partial charge in [-0.3, -0.25) is 13.9 Å². The van der Waals surface area contributed by atoms with Gasteiger partial charge in [-0.15, -0.1) is 0 Å². The SMILES string of the molecule is COc1ccc(N(CC(=O)N(Cc2ccc(F)cc2)[C@H](Cc2ccccc2)C(=O)NCC(C)C)S(=O)(=O)c2ccccc2)cc1OC. The van der Waals surface area contributed by atoms with Crippen molar-refractivity contribution in [2.75, 3.05) is 31.6 Å². The Morgan fingerprint density at radius 2 is 1.43 bits per heavy atom. The monoisotopic (exact) mass is 661 g/mol. The summed E-state index contributed by atoms with van der Waals surface area (Å²) in [6.45, 7) is 3.59. The zero-order chi connectivity index (χ0) is 34.0. The summed E-state index contributed by atoms with van der Waals surface area (Å²) in [5.41, 5.74) is 1.53. The van der Waals surface area contributed by atoms with Gasteiger partial charge in [0.05, 0.1) is 24.8 Å². The lowest BCUT2D eigenvalue weighted by Crippen LogP contribution is -2.53. The van der Waals surface area contributed by atoms with Crippen molar-refractivity contribution in [2.24, 2.45) is 5.92 Å². The molecule has 0 aliphatic rings. The summed E-state index contributed by atoms with van der Waals surface area (Å²) in [7, 11) is -1.40. The summed E-state index contributed by atoms with van der Waals surface area (Å²) in [4.78, 5) is 29.7. The third kappa shape index (κ3) is 9.10. The van der Waals surface area contributed by atoms with Gasteiger partial charge in [-0.25, -0.2) is 12.8 Å². The van der Waals surface area contributed by atoms with E-state index in [2.05, 4.69) is 5.32 Å². The summed E-state index contributed by atoms with van der Waals surface area (Å²) < 4.78 is 54.0. The van der Waals surface area contributed by atoms with E-state index in [-0.39, 0.29) is 41.1 Å². The summed E-state index contributed by atoms with van der Waals surface area (Å²) in [5.74, 6) is -0.679. The van der Waals surface area contributed by atoms with E-state index >= 15 is 0 Å². The average molecular weight is 662 g/mol. The van der Waals surface area contributed by atoms with Crippen LogP contribution in [0.5, 0.6) is 11.5 Å².